The van der Waals surface area contributed by atoms with Crippen LogP contribution in [0.15, 0.2) is 15.0 Å². The normalized spacial score (nSPS) is 47.1. The maximum Gasteiger partial charge on any atom is 0.104 e. The third-order valence-electron chi connectivity index (χ3n) is 16.8. The Morgan fingerprint density at radius 1 is 0.389 bits per heavy atom. The summed E-state index contributed by atoms with van der Waals surface area (Å²) in [5, 5.41) is 12.2. The van der Waals surface area contributed by atoms with Crippen molar-refractivity contribution in [2.75, 3.05) is 19.6 Å². The van der Waals surface area contributed by atoms with Gasteiger partial charge in [0, 0.05) is 35.9 Å². The smallest absolute Gasteiger partial charge is 0.104 e. The average Bonchev–Trinajstić information content (AvgIpc) is 3.91. The van der Waals surface area contributed by atoms with E-state index in [9.17, 15) is 0 Å². The van der Waals surface area contributed by atoms with Gasteiger partial charge in [0.15, 0.2) is 0 Å². The van der Waals surface area contributed by atoms with Gasteiger partial charge in [0.1, 0.15) is 36.0 Å². The predicted octanol–water partition coefficient (Wildman–Crippen LogP) is 7.13. The topological polar surface area (TPSA) is 82.9 Å². The van der Waals surface area contributed by atoms with Gasteiger partial charge in [0.25, 0.3) is 0 Å². The number of aliphatic imine (C=N–C) groups is 3. The van der Waals surface area contributed by atoms with Crippen LogP contribution in [0.2, 0.25) is 0 Å². The van der Waals surface area contributed by atoms with Crippen molar-refractivity contribution in [3.8, 4) is 0 Å². The van der Waals surface area contributed by atoms with Gasteiger partial charge < -0.3 is 14.7 Å². The Morgan fingerprint density at radius 3 is 0.981 bits per heavy atom. The minimum atomic E-state index is 0.393. The molecule has 6 heterocycles. The second kappa shape index (κ2) is 15.6. The fourth-order valence-corrected chi connectivity index (χ4v) is 14.1. The largest absolute Gasteiger partial charge is 0.339 e. The van der Waals surface area contributed by atoms with Crippen LogP contribution in [0.1, 0.15) is 156 Å². The molecule has 0 aromatic carbocycles. The summed E-state index contributed by atoms with van der Waals surface area (Å²) in [4.78, 5) is 26.5. The number of piperidine rings is 3. The van der Waals surface area contributed by atoms with Crippen molar-refractivity contribution in [2.45, 2.75) is 210 Å². The Labute approximate surface area is 327 Å². The fourth-order valence-electron chi connectivity index (χ4n) is 14.1. The number of fused-ring (bicyclic) bond motifs is 3. The van der Waals surface area contributed by atoms with Gasteiger partial charge in [-0.15, -0.1) is 0 Å². The molecule has 10 aliphatic rings. The molecule has 10 rings (SSSR count). The molecule has 12 atom stereocenters. The highest BCUT2D eigenvalue weighted by atomic mass is 15.4. The summed E-state index contributed by atoms with van der Waals surface area (Å²) >= 11 is 0. The molecule has 54 heavy (non-hydrogen) atoms. The molecule has 4 saturated carbocycles. The second-order valence-corrected chi connectivity index (χ2v) is 20.3. The van der Waals surface area contributed by atoms with Gasteiger partial charge in [-0.25, -0.2) is 0 Å². The van der Waals surface area contributed by atoms with Crippen LogP contribution in [0.25, 0.3) is 0 Å². The molecule has 9 nitrogen and oxygen atoms in total. The van der Waals surface area contributed by atoms with E-state index in [1.807, 2.05) is 0 Å². The molecular weight excluding hydrogens is 667 g/mol. The Morgan fingerprint density at radius 2 is 0.685 bits per heavy atom. The maximum absolute atomic E-state index is 5.88. The molecule has 0 spiro atoms. The van der Waals surface area contributed by atoms with E-state index in [4.69, 9.17) is 15.0 Å². The van der Waals surface area contributed by atoms with Crippen LogP contribution in [0.5, 0.6) is 0 Å². The Kier molecular flexibility index (Phi) is 10.6. The van der Waals surface area contributed by atoms with E-state index < -0.39 is 0 Å². The number of nitrogens with one attached hydrogen (secondary N) is 3. The fraction of sp³-hybridized carbons (Fsp3) is 0.933. The van der Waals surface area contributed by atoms with Crippen LogP contribution in [-0.2, 0) is 0 Å². The molecule has 0 radical (unpaired) electrons. The minimum absolute atomic E-state index is 0.393. The molecule has 3 saturated heterocycles. The lowest BCUT2D eigenvalue weighted by molar-refractivity contribution is 0.0960. The van der Waals surface area contributed by atoms with Crippen LogP contribution in [-0.4, -0.2) is 107 Å². The Hall–Kier alpha value is -1.71. The first kappa shape index (κ1) is 36.6. The highest BCUT2D eigenvalue weighted by Gasteiger charge is 2.53. The van der Waals surface area contributed by atoms with Gasteiger partial charge in [0.2, 0.25) is 0 Å². The summed E-state index contributed by atoms with van der Waals surface area (Å²) in [6.07, 6.45) is 28.6. The molecule has 7 fully saturated rings. The number of hydrogen-bond acceptors (Lipinski definition) is 9. The zero-order valence-electron chi connectivity index (χ0n) is 34.3. The Balaban J connectivity index is 1.04. The van der Waals surface area contributed by atoms with Crippen molar-refractivity contribution < 1.29 is 0 Å². The number of rotatable bonds is 6. The van der Waals surface area contributed by atoms with E-state index in [0.29, 0.717) is 72.5 Å². The van der Waals surface area contributed by atoms with Crippen molar-refractivity contribution in [3.05, 3.63) is 0 Å². The first-order valence-electron chi connectivity index (χ1n) is 23.8. The summed E-state index contributed by atoms with van der Waals surface area (Å²) < 4.78 is 0. The molecule has 0 aromatic rings. The van der Waals surface area contributed by atoms with Crippen LogP contribution in [0.4, 0.5) is 0 Å². The van der Waals surface area contributed by atoms with Crippen molar-refractivity contribution in [2.24, 2.45) is 50.5 Å². The van der Waals surface area contributed by atoms with Crippen molar-refractivity contribution in [1.82, 2.24) is 30.7 Å². The van der Waals surface area contributed by atoms with E-state index >= 15 is 0 Å². The zero-order valence-corrected chi connectivity index (χ0v) is 34.3. The maximum atomic E-state index is 5.88. The van der Waals surface area contributed by atoms with Crippen LogP contribution in [0, 0.1) is 35.5 Å². The lowest BCUT2D eigenvalue weighted by atomic mass is 9.71. The van der Waals surface area contributed by atoms with E-state index in [2.05, 4.69) is 51.4 Å². The highest BCUT2D eigenvalue weighted by molar-refractivity contribution is 5.94. The quantitative estimate of drug-likeness (QED) is 0.269. The molecule has 0 aromatic heterocycles. The van der Waals surface area contributed by atoms with Gasteiger partial charge >= 0.3 is 0 Å². The predicted molar refractivity (Wildman–Crippen MR) is 221 cm³/mol. The SMILES string of the molecule is CC1CCCCC1N1C(C2CC(C3=NC4CCCNC4N3C3CCCCC3C)CC(C3=NC4CCCNC4N3C3CCCCC3C)C2)=NC2CCCNC21. The van der Waals surface area contributed by atoms with Crippen molar-refractivity contribution >= 4 is 17.5 Å². The third-order valence-corrected chi connectivity index (χ3v) is 16.8. The molecule has 3 N–H and O–H groups in total. The summed E-state index contributed by atoms with van der Waals surface area (Å²) in [6.45, 7) is 11.1. The van der Waals surface area contributed by atoms with Gasteiger partial charge in [-0.05, 0) is 134 Å². The standard InChI is InChI=1S/C45H75N9/c1-28-13-4-7-19-37(28)52-40(49-34-16-10-22-46-43(34)52)31-25-32(41-50-35-17-11-23-47-44(35)53(41)38-20-8-5-14-29(38)2)27-33(26-31)42-51-36-18-12-24-48-45(36)54(42)39-21-9-6-15-30(39)3/h28-39,43-48H,4-27H2,1-3H3. The summed E-state index contributed by atoms with van der Waals surface area (Å²) in [5.74, 6) is 8.05. The molecule has 6 aliphatic heterocycles. The van der Waals surface area contributed by atoms with Crippen molar-refractivity contribution in [3.63, 3.8) is 0 Å². The molecule has 4 aliphatic carbocycles. The summed E-state index contributed by atoms with van der Waals surface area (Å²) in [6, 6.07) is 3.07. The molecule has 300 valence electrons. The lowest BCUT2D eigenvalue weighted by Gasteiger charge is -2.49. The summed E-state index contributed by atoms with van der Waals surface area (Å²) in [7, 11) is 0. The molecular formula is C45H75N9. The van der Waals surface area contributed by atoms with Crippen LogP contribution < -0.4 is 16.0 Å². The van der Waals surface area contributed by atoms with Gasteiger partial charge in [-0.1, -0.05) is 59.3 Å². The zero-order chi connectivity index (χ0) is 36.3. The second-order valence-electron chi connectivity index (χ2n) is 20.3. The van der Waals surface area contributed by atoms with Crippen molar-refractivity contribution in [1.29, 1.82) is 0 Å². The first-order valence-corrected chi connectivity index (χ1v) is 23.8. The monoisotopic (exact) mass is 742 g/mol. The van der Waals surface area contributed by atoms with E-state index in [1.54, 1.807) is 0 Å². The van der Waals surface area contributed by atoms with Gasteiger partial charge in [-0.3, -0.25) is 30.9 Å². The minimum Gasteiger partial charge on any atom is -0.339 e. The first-order chi connectivity index (χ1) is 26.5. The molecule has 12 unspecified atom stereocenters. The molecule has 9 heteroatoms. The van der Waals surface area contributed by atoms with Crippen LogP contribution in [0.3, 0.4) is 0 Å². The lowest BCUT2D eigenvalue weighted by Crippen LogP contribution is -2.61. The number of nitrogens with zero attached hydrogens (tertiary/aromatic N) is 6. The van der Waals surface area contributed by atoms with E-state index in [1.165, 1.54) is 152 Å². The van der Waals surface area contributed by atoms with Crippen LogP contribution >= 0.6 is 0 Å². The third kappa shape index (κ3) is 6.58. The van der Waals surface area contributed by atoms with E-state index in [-0.39, 0.29) is 0 Å². The van der Waals surface area contributed by atoms with Gasteiger partial charge in [0.05, 0.1) is 18.1 Å². The average molecular weight is 742 g/mol. The highest BCUT2D eigenvalue weighted by Crippen LogP contribution is 2.47. The number of hydrogen-bond donors (Lipinski definition) is 3. The Bertz CT molecular complexity index is 1250. The summed E-state index contributed by atoms with van der Waals surface area (Å²) in [5.41, 5.74) is 0. The molecule has 0 bridgehead atoms. The van der Waals surface area contributed by atoms with Gasteiger partial charge in [-0.2, -0.15) is 0 Å². The molecule has 0 amide bonds. The number of amidine groups is 3. The van der Waals surface area contributed by atoms with E-state index in [0.717, 1.165) is 37.4 Å².